The van der Waals surface area contributed by atoms with Gasteiger partial charge in [0.15, 0.2) is 0 Å². The van der Waals surface area contributed by atoms with Crippen LogP contribution < -0.4 is 4.74 Å². The fraction of sp³-hybridized carbons (Fsp3) is 0.364. The molecule has 0 aliphatic heterocycles. The summed E-state index contributed by atoms with van der Waals surface area (Å²) in [5.74, 6) is 0.363. The Morgan fingerprint density at radius 1 is 1.25 bits per heavy atom. The van der Waals surface area contributed by atoms with Gasteiger partial charge in [-0.05, 0) is 26.0 Å². The molecule has 0 amide bonds. The van der Waals surface area contributed by atoms with E-state index >= 15 is 0 Å². The quantitative estimate of drug-likeness (QED) is 0.758. The van der Waals surface area contributed by atoms with Gasteiger partial charge in [-0.1, -0.05) is 18.2 Å². The van der Waals surface area contributed by atoms with Crippen LogP contribution in [0.5, 0.6) is 5.75 Å². The minimum Gasteiger partial charge on any atom is -0.419 e. The van der Waals surface area contributed by atoms with Gasteiger partial charge in [0.2, 0.25) is 0 Å². The van der Waals surface area contributed by atoms with Gasteiger partial charge in [0.05, 0.1) is 6.10 Å². The summed E-state index contributed by atoms with van der Waals surface area (Å²) in [5, 5.41) is 0. The normalized spacial score (nSPS) is 14.5. The van der Waals surface area contributed by atoms with Crippen LogP contribution in [0.3, 0.4) is 0 Å². The van der Waals surface area contributed by atoms with Crippen LogP contribution in [0, 0.1) is 0 Å². The molecule has 0 radical (unpaired) electrons. The first kappa shape index (κ1) is 12.9. The molecule has 0 heterocycles. The van der Waals surface area contributed by atoms with Crippen LogP contribution in [0.15, 0.2) is 30.3 Å². The summed E-state index contributed by atoms with van der Waals surface area (Å²) in [7, 11) is -3.37. The molecule has 1 atom stereocenters. The molecule has 88 valence electrons. The fourth-order valence-electron chi connectivity index (χ4n) is 1.12. The number of hydrogen-bond donors (Lipinski definition) is 0. The number of carbonyl (C=O) groups is 1. The number of para-hydroxylation sites is 1. The molecule has 1 rings (SSSR count). The maximum atomic E-state index is 11.8. The second kappa shape index (κ2) is 5.28. The van der Waals surface area contributed by atoms with Gasteiger partial charge in [-0.15, -0.1) is 0 Å². The Morgan fingerprint density at radius 2 is 1.81 bits per heavy atom. The maximum Gasteiger partial charge on any atom is 0.396 e. The molecule has 0 aliphatic carbocycles. The van der Waals surface area contributed by atoms with Crippen molar-refractivity contribution in [2.45, 2.75) is 20.0 Å². The van der Waals surface area contributed by atoms with Crippen LogP contribution in [0.4, 0.5) is 4.79 Å². The second-order valence-corrected chi connectivity index (χ2v) is 5.95. The summed E-state index contributed by atoms with van der Waals surface area (Å²) in [6.45, 7) is 4.69. The van der Waals surface area contributed by atoms with Crippen molar-refractivity contribution in [1.82, 2.24) is 0 Å². The van der Waals surface area contributed by atoms with Crippen LogP contribution in [0.2, 0.25) is 0 Å². The highest BCUT2D eigenvalue weighted by Gasteiger charge is 2.30. The van der Waals surface area contributed by atoms with E-state index in [1.54, 1.807) is 44.2 Å². The molecule has 5 heteroatoms. The van der Waals surface area contributed by atoms with Gasteiger partial charge >= 0.3 is 13.1 Å². The zero-order chi connectivity index (χ0) is 12.2. The van der Waals surface area contributed by atoms with E-state index < -0.39 is 13.1 Å². The van der Waals surface area contributed by atoms with E-state index in [0.29, 0.717) is 5.75 Å². The number of benzene rings is 1. The highest BCUT2D eigenvalue weighted by molar-refractivity contribution is 7.75. The van der Waals surface area contributed by atoms with E-state index in [9.17, 15) is 9.36 Å². The van der Waals surface area contributed by atoms with Crippen LogP contribution in [0.25, 0.3) is 0 Å². The zero-order valence-corrected chi connectivity index (χ0v) is 10.4. The van der Waals surface area contributed by atoms with E-state index in [4.69, 9.17) is 9.26 Å². The first-order chi connectivity index (χ1) is 7.42. The fourth-order valence-corrected chi connectivity index (χ4v) is 2.28. The average molecular weight is 242 g/mol. The Kier molecular flexibility index (Phi) is 4.27. The standard InChI is InChI=1S/C11H15O4P/c1-9(2)15-16(3,13)11(12)14-10-7-5-4-6-8-10/h4-9H,1-3H3/t16-/m1/s1. The van der Waals surface area contributed by atoms with Crippen LogP contribution in [-0.4, -0.2) is 18.5 Å². The number of rotatable bonds is 4. The third-order valence-corrected chi connectivity index (χ3v) is 3.27. The van der Waals surface area contributed by atoms with Gasteiger partial charge in [0.25, 0.3) is 0 Å². The third-order valence-electron chi connectivity index (χ3n) is 1.69. The van der Waals surface area contributed by atoms with E-state index in [1.807, 2.05) is 0 Å². The lowest BCUT2D eigenvalue weighted by Gasteiger charge is -2.14. The molecule has 0 aliphatic rings. The number of hydrogen-bond acceptors (Lipinski definition) is 4. The molecule has 0 aromatic heterocycles. The summed E-state index contributed by atoms with van der Waals surface area (Å²) in [6, 6.07) is 8.49. The van der Waals surface area contributed by atoms with Gasteiger partial charge in [-0.25, -0.2) is 4.79 Å². The maximum absolute atomic E-state index is 11.8. The molecule has 4 nitrogen and oxygen atoms in total. The number of ether oxygens (including phenoxy) is 1. The van der Waals surface area contributed by atoms with Gasteiger partial charge in [-0.2, -0.15) is 0 Å². The molecular weight excluding hydrogens is 227 g/mol. The molecule has 0 bridgehead atoms. The first-order valence-corrected chi connectivity index (χ1v) is 7.02. The molecule has 0 spiro atoms. The minimum atomic E-state index is -3.37. The summed E-state index contributed by atoms with van der Waals surface area (Å²) in [6.07, 6.45) is -0.279. The monoisotopic (exact) mass is 242 g/mol. The summed E-state index contributed by atoms with van der Waals surface area (Å²) in [4.78, 5) is 11.6. The van der Waals surface area contributed by atoms with Gasteiger partial charge in [0, 0.05) is 6.66 Å². The van der Waals surface area contributed by atoms with Crippen LogP contribution in [0.1, 0.15) is 13.8 Å². The smallest absolute Gasteiger partial charge is 0.396 e. The first-order valence-electron chi connectivity index (χ1n) is 4.95. The molecule has 0 unspecified atom stereocenters. The van der Waals surface area contributed by atoms with E-state index in [2.05, 4.69) is 0 Å². The van der Waals surface area contributed by atoms with Crippen molar-refractivity contribution in [2.75, 3.05) is 6.66 Å². The largest absolute Gasteiger partial charge is 0.419 e. The minimum absolute atomic E-state index is 0.279. The summed E-state index contributed by atoms with van der Waals surface area (Å²) in [5.41, 5.74) is -0.826. The Balaban J connectivity index is 2.69. The summed E-state index contributed by atoms with van der Waals surface area (Å²) >= 11 is 0. The predicted molar refractivity (Wildman–Crippen MR) is 62.2 cm³/mol. The average Bonchev–Trinajstić information content (AvgIpc) is 2.17. The summed E-state index contributed by atoms with van der Waals surface area (Å²) < 4.78 is 21.8. The van der Waals surface area contributed by atoms with Crippen molar-refractivity contribution in [3.63, 3.8) is 0 Å². The Labute approximate surface area is 95.0 Å². The third kappa shape index (κ3) is 3.80. The highest BCUT2D eigenvalue weighted by atomic mass is 31.2. The molecular formula is C11H15O4P. The predicted octanol–water partition coefficient (Wildman–Crippen LogP) is 3.52. The molecule has 16 heavy (non-hydrogen) atoms. The van der Waals surface area contributed by atoms with Gasteiger partial charge in [0.1, 0.15) is 5.75 Å². The van der Waals surface area contributed by atoms with E-state index in [0.717, 1.165) is 0 Å². The van der Waals surface area contributed by atoms with Crippen molar-refractivity contribution >= 4 is 13.1 Å². The van der Waals surface area contributed by atoms with Crippen molar-refractivity contribution in [3.8, 4) is 5.75 Å². The molecule has 1 aromatic rings. The number of carbonyl (C=O) groups excluding carboxylic acids is 1. The van der Waals surface area contributed by atoms with Crippen LogP contribution in [-0.2, 0) is 9.09 Å². The Bertz CT molecular complexity index is 400. The van der Waals surface area contributed by atoms with Crippen molar-refractivity contribution < 1.29 is 18.6 Å². The topological polar surface area (TPSA) is 52.6 Å². The lowest BCUT2D eigenvalue weighted by Crippen LogP contribution is -2.11. The lowest BCUT2D eigenvalue weighted by atomic mass is 10.3. The second-order valence-electron chi connectivity index (χ2n) is 3.68. The van der Waals surface area contributed by atoms with Crippen molar-refractivity contribution in [3.05, 3.63) is 30.3 Å². The zero-order valence-electron chi connectivity index (χ0n) is 9.54. The van der Waals surface area contributed by atoms with Gasteiger partial charge < -0.3 is 9.26 Å². The SMILES string of the molecule is CC(C)O[P@@](C)(=O)C(=O)Oc1ccccc1. The molecule has 0 fully saturated rings. The molecule has 0 saturated carbocycles. The lowest BCUT2D eigenvalue weighted by molar-refractivity contribution is 0.204. The van der Waals surface area contributed by atoms with Crippen LogP contribution >= 0.6 is 7.37 Å². The van der Waals surface area contributed by atoms with Crippen molar-refractivity contribution in [2.24, 2.45) is 0 Å². The van der Waals surface area contributed by atoms with Crippen molar-refractivity contribution in [1.29, 1.82) is 0 Å². The Hall–Kier alpha value is -1.12. The van der Waals surface area contributed by atoms with Gasteiger partial charge in [-0.3, -0.25) is 4.57 Å². The highest BCUT2D eigenvalue weighted by Crippen LogP contribution is 2.45. The van der Waals surface area contributed by atoms with E-state index in [1.165, 1.54) is 6.66 Å². The molecule has 0 N–H and O–H groups in total. The molecule has 1 aromatic carbocycles. The molecule has 0 saturated heterocycles. The Morgan fingerprint density at radius 3 is 2.31 bits per heavy atom. The van der Waals surface area contributed by atoms with E-state index in [-0.39, 0.29) is 6.10 Å².